The molecule has 15 heteroatoms. The lowest BCUT2D eigenvalue weighted by Gasteiger charge is -2.16. The molecule has 0 fully saturated rings. The quantitative estimate of drug-likeness (QED) is 0.0692. The molecule has 0 radical (unpaired) electrons. The summed E-state index contributed by atoms with van der Waals surface area (Å²) in [4.78, 5) is 60.1. The number of hydrogen-bond donors (Lipinski definition) is 4. The van der Waals surface area contributed by atoms with Gasteiger partial charge in [-0.05, 0) is 121 Å². The molecule has 0 aliphatic rings. The third-order valence-corrected chi connectivity index (χ3v) is 9.88. The summed E-state index contributed by atoms with van der Waals surface area (Å²) in [5.74, 6) is 1.20. The zero-order valence-electron chi connectivity index (χ0n) is 35.2. The number of nitrogens with one attached hydrogen (secondary N) is 3. The van der Waals surface area contributed by atoms with Crippen molar-refractivity contribution >= 4 is 17.5 Å². The van der Waals surface area contributed by atoms with E-state index in [1.165, 1.54) is 37.5 Å². The van der Waals surface area contributed by atoms with Gasteiger partial charge in [0.2, 0.25) is 5.91 Å². The van der Waals surface area contributed by atoms with Crippen LogP contribution in [-0.2, 0) is 40.1 Å². The summed E-state index contributed by atoms with van der Waals surface area (Å²) in [6.45, 7) is 1.38. The van der Waals surface area contributed by atoms with Crippen LogP contribution in [0.2, 0.25) is 0 Å². The summed E-state index contributed by atoms with van der Waals surface area (Å²) in [5.41, 5.74) is 12.1. The van der Waals surface area contributed by atoms with Crippen molar-refractivity contribution in [2.45, 2.75) is 44.7 Å². The van der Waals surface area contributed by atoms with Crippen LogP contribution in [-0.4, -0.2) is 59.5 Å². The van der Waals surface area contributed by atoms with Gasteiger partial charge in [-0.1, -0.05) is 12.1 Å². The van der Waals surface area contributed by atoms with E-state index in [1.54, 1.807) is 61.2 Å². The summed E-state index contributed by atoms with van der Waals surface area (Å²) in [6.07, 6.45) is 7.37. The van der Waals surface area contributed by atoms with Crippen LogP contribution in [0.1, 0.15) is 29.7 Å². The van der Waals surface area contributed by atoms with Gasteiger partial charge in [0.25, 0.3) is 0 Å². The number of Topliss-reactive ketones (excluding diaryl/α,β-unsaturated/α-hetero) is 2. The molecule has 0 aliphatic heterocycles. The number of H-pyrrole nitrogens is 2. The number of halogens is 2. The van der Waals surface area contributed by atoms with E-state index < -0.39 is 12.1 Å². The minimum atomic E-state index is -0.675. The first-order valence-electron chi connectivity index (χ1n) is 20.5. The lowest BCUT2D eigenvalue weighted by molar-refractivity contribution is -0.126. The van der Waals surface area contributed by atoms with Crippen LogP contribution < -0.4 is 20.5 Å². The standard InChI is InChI=1S/C26H23FN4O3.C24H21FN4O2/c1-17(32)30-25(13-21-15-28-16-29-21)26(33)14-20-3-2-4-24(31-20)18-5-9-22(10-6-18)34-23-11-7-19(27)8-12-23;25-17-6-10-21(11-7-17)31-20-8-4-16(5-9-20)23-3-1-2-18(29-23)13-24(30)22(26)12-19-14-27-15-28-19/h2-12,15-16,25H,13-14H2,1H3,(H,28,29)(H,30,32);1-11,14-15,22H,12-13,26H2,(H,27,28)/t25-;22-/m00/s1. The van der Waals surface area contributed by atoms with E-state index in [0.717, 1.165) is 28.2 Å². The first kappa shape index (κ1) is 44.9. The van der Waals surface area contributed by atoms with Gasteiger partial charge in [-0.2, -0.15) is 0 Å². The van der Waals surface area contributed by atoms with Crippen molar-refractivity contribution in [1.82, 2.24) is 35.2 Å². The van der Waals surface area contributed by atoms with Crippen molar-refractivity contribution < 1.29 is 32.6 Å². The van der Waals surface area contributed by atoms with Gasteiger partial charge in [0.1, 0.15) is 34.6 Å². The van der Waals surface area contributed by atoms with Crippen LogP contribution in [0.3, 0.4) is 0 Å². The zero-order valence-corrected chi connectivity index (χ0v) is 35.2. The van der Waals surface area contributed by atoms with Crippen LogP contribution >= 0.6 is 0 Å². The van der Waals surface area contributed by atoms with Crippen molar-refractivity contribution in [3.8, 4) is 45.5 Å². The molecule has 2 atom stereocenters. The Hall–Kier alpha value is -8.17. The second-order valence-corrected chi connectivity index (χ2v) is 14.9. The highest BCUT2D eigenvalue weighted by atomic mass is 19.1. The summed E-state index contributed by atoms with van der Waals surface area (Å²) in [5, 5.41) is 2.71. The molecule has 0 unspecified atom stereocenters. The Balaban J connectivity index is 0.000000195. The molecule has 328 valence electrons. The molecular weight excluding hydrogens is 831 g/mol. The smallest absolute Gasteiger partial charge is 0.217 e. The van der Waals surface area contributed by atoms with Gasteiger partial charge in [0.15, 0.2) is 11.6 Å². The fourth-order valence-electron chi connectivity index (χ4n) is 6.61. The van der Waals surface area contributed by atoms with Crippen molar-refractivity contribution in [3.63, 3.8) is 0 Å². The molecule has 4 aromatic carbocycles. The van der Waals surface area contributed by atoms with Crippen LogP contribution in [0.15, 0.2) is 159 Å². The minimum Gasteiger partial charge on any atom is -0.457 e. The first-order chi connectivity index (χ1) is 31.5. The zero-order chi connectivity index (χ0) is 45.5. The molecule has 0 spiro atoms. The van der Waals surface area contributed by atoms with E-state index in [1.807, 2.05) is 66.7 Å². The number of benzene rings is 4. The Morgan fingerprint density at radius 1 is 0.585 bits per heavy atom. The molecule has 4 heterocycles. The van der Waals surface area contributed by atoms with Gasteiger partial charge in [-0.3, -0.25) is 24.4 Å². The Kier molecular flexibility index (Phi) is 15.0. The SMILES string of the molecule is CC(=O)N[C@@H](Cc1cnc[nH]1)C(=O)Cc1cccc(-c2ccc(Oc3ccc(F)cc3)cc2)n1.N[C@@H](Cc1cnc[nH]1)C(=O)Cc1cccc(-c2ccc(Oc3ccc(F)cc3)cc2)n1. The van der Waals surface area contributed by atoms with Crippen LogP contribution in [0, 0.1) is 11.6 Å². The molecule has 0 bridgehead atoms. The summed E-state index contributed by atoms with van der Waals surface area (Å²) >= 11 is 0. The highest BCUT2D eigenvalue weighted by Gasteiger charge is 2.22. The van der Waals surface area contributed by atoms with Crippen LogP contribution in [0.4, 0.5) is 8.78 Å². The predicted molar refractivity (Wildman–Crippen MR) is 240 cm³/mol. The molecule has 8 rings (SSSR count). The topological polar surface area (TPSA) is 191 Å². The average Bonchev–Trinajstić information content (AvgIpc) is 4.04. The van der Waals surface area contributed by atoms with E-state index in [9.17, 15) is 23.2 Å². The Morgan fingerprint density at radius 2 is 1.00 bits per heavy atom. The van der Waals surface area contributed by atoms with Crippen molar-refractivity contribution in [3.05, 3.63) is 193 Å². The van der Waals surface area contributed by atoms with Gasteiger partial charge in [0.05, 0.1) is 49.0 Å². The fourth-order valence-corrected chi connectivity index (χ4v) is 6.61. The van der Waals surface area contributed by atoms with Crippen molar-refractivity contribution in [2.24, 2.45) is 5.73 Å². The van der Waals surface area contributed by atoms with E-state index in [2.05, 4.69) is 35.2 Å². The van der Waals surface area contributed by atoms with Crippen molar-refractivity contribution in [2.75, 3.05) is 0 Å². The third kappa shape index (κ3) is 13.4. The van der Waals surface area contributed by atoms with Crippen LogP contribution in [0.25, 0.3) is 22.5 Å². The number of nitrogens with two attached hydrogens (primary N) is 1. The molecular formula is C50H44F2N8O5. The Bertz CT molecular complexity index is 2790. The number of amides is 1. The number of ether oxygens (including phenoxy) is 2. The number of ketones is 2. The molecule has 65 heavy (non-hydrogen) atoms. The number of aromatic amines is 2. The highest BCUT2D eigenvalue weighted by molar-refractivity contribution is 5.90. The number of carbonyl (C=O) groups excluding carboxylic acids is 3. The molecule has 8 aromatic rings. The summed E-state index contributed by atoms with van der Waals surface area (Å²) in [6, 6.07) is 36.2. The number of pyridine rings is 2. The van der Waals surface area contributed by atoms with E-state index >= 15 is 0 Å². The van der Waals surface area contributed by atoms with Crippen LogP contribution in [0.5, 0.6) is 23.0 Å². The maximum absolute atomic E-state index is 13.1. The number of rotatable bonds is 17. The van der Waals surface area contributed by atoms with E-state index in [4.69, 9.17) is 15.2 Å². The number of carbonyl (C=O) groups is 3. The number of nitrogens with zero attached hydrogens (tertiary/aromatic N) is 4. The molecule has 0 saturated carbocycles. The predicted octanol–water partition coefficient (Wildman–Crippen LogP) is 8.35. The van der Waals surface area contributed by atoms with Gasteiger partial charge < -0.3 is 30.5 Å². The molecule has 4 aromatic heterocycles. The highest BCUT2D eigenvalue weighted by Crippen LogP contribution is 2.27. The van der Waals surface area contributed by atoms with Crippen molar-refractivity contribution in [1.29, 1.82) is 0 Å². The minimum absolute atomic E-state index is 0.0812. The van der Waals surface area contributed by atoms with Gasteiger partial charge in [-0.15, -0.1) is 0 Å². The molecule has 0 aliphatic carbocycles. The van der Waals surface area contributed by atoms with E-state index in [-0.39, 0.29) is 41.9 Å². The monoisotopic (exact) mass is 874 g/mol. The molecule has 1 amide bonds. The Morgan fingerprint density at radius 3 is 1.42 bits per heavy atom. The number of hydrogen-bond acceptors (Lipinski definition) is 10. The maximum Gasteiger partial charge on any atom is 0.217 e. The van der Waals surface area contributed by atoms with Gasteiger partial charge in [0, 0.05) is 66.1 Å². The van der Waals surface area contributed by atoms with E-state index in [0.29, 0.717) is 52.9 Å². The number of imidazole rings is 2. The second-order valence-electron chi connectivity index (χ2n) is 14.9. The fraction of sp³-hybridized carbons (Fsp3) is 0.140. The third-order valence-electron chi connectivity index (χ3n) is 9.88. The van der Waals surface area contributed by atoms with Gasteiger partial charge >= 0.3 is 0 Å². The average molecular weight is 875 g/mol. The first-order valence-corrected chi connectivity index (χ1v) is 20.5. The number of aromatic nitrogens is 6. The molecule has 5 N–H and O–H groups in total. The maximum atomic E-state index is 13.1. The normalized spacial score (nSPS) is 11.7. The molecule has 13 nitrogen and oxygen atoms in total. The molecule has 0 saturated heterocycles. The second kappa shape index (κ2) is 21.8. The largest absolute Gasteiger partial charge is 0.457 e. The lowest BCUT2D eigenvalue weighted by atomic mass is 10.0. The Labute approximate surface area is 373 Å². The summed E-state index contributed by atoms with van der Waals surface area (Å²) in [7, 11) is 0. The van der Waals surface area contributed by atoms with Gasteiger partial charge in [-0.25, -0.2) is 18.7 Å². The lowest BCUT2D eigenvalue weighted by Crippen LogP contribution is -2.42. The summed E-state index contributed by atoms with van der Waals surface area (Å²) < 4.78 is 37.5.